The Morgan fingerprint density at radius 2 is 1.67 bits per heavy atom. The van der Waals surface area contributed by atoms with E-state index in [1.54, 1.807) is 4.90 Å². The lowest BCUT2D eigenvalue weighted by Crippen LogP contribution is -2.96. The van der Waals surface area contributed by atoms with E-state index >= 15 is 0 Å². The molecule has 4 aliphatic carbocycles. The van der Waals surface area contributed by atoms with Gasteiger partial charge in [0.2, 0.25) is 0 Å². The van der Waals surface area contributed by atoms with Crippen LogP contribution in [0.2, 0.25) is 0 Å². The van der Waals surface area contributed by atoms with Gasteiger partial charge < -0.3 is 10.0 Å². The molecule has 0 spiro atoms. The van der Waals surface area contributed by atoms with Crippen LogP contribution in [0.15, 0.2) is 0 Å². The van der Waals surface area contributed by atoms with E-state index in [1.807, 2.05) is 0 Å². The van der Waals surface area contributed by atoms with Crippen LogP contribution in [0.1, 0.15) is 78.1 Å². The molecule has 4 saturated carbocycles. The summed E-state index contributed by atoms with van der Waals surface area (Å²) in [6.45, 7) is 8.79. The zero-order valence-corrected chi connectivity index (χ0v) is 15.9. The highest BCUT2D eigenvalue weighted by Gasteiger charge is 2.65. The van der Waals surface area contributed by atoms with E-state index in [0.717, 1.165) is 36.6 Å². The van der Waals surface area contributed by atoms with Gasteiger partial charge in [0, 0.05) is 5.41 Å². The van der Waals surface area contributed by atoms with Gasteiger partial charge in [0.15, 0.2) is 0 Å². The molecule has 0 bridgehead atoms. The summed E-state index contributed by atoms with van der Waals surface area (Å²) in [5, 5.41) is 11.6. The molecule has 2 N–H and O–H groups in total. The second-order valence-corrected chi connectivity index (χ2v) is 10.9. The smallest absolute Gasteiger partial charge is 0.127 e. The average Bonchev–Trinajstić information content (AvgIpc) is 3.32. The molecule has 136 valence electrons. The average molecular weight is 333 g/mol. The summed E-state index contributed by atoms with van der Waals surface area (Å²) in [7, 11) is 0. The minimum atomic E-state index is -0.362. The molecule has 0 unspecified atom stereocenters. The second kappa shape index (κ2) is 5.22. The molecule has 0 aromatic rings. The van der Waals surface area contributed by atoms with Crippen molar-refractivity contribution in [2.75, 3.05) is 19.6 Å². The van der Waals surface area contributed by atoms with Crippen molar-refractivity contribution >= 4 is 0 Å². The summed E-state index contributed by atoms with van der Waals surface area (Å²) in [6.07, 6.45) is 14.0. The van der Waals surface area contributed by atoms with Gasteiger partial charge in [-0.25, -0.2) is 0 Å². The zero-order valence-electron chi connectivity index (χ0n) is 15.9. The maximum absolute atomic E-state index is 11.6. The highest BCUT2D eigenvalue weighted by atomic mass is 16.3. The first kappa shape index (κ1) is 16.1. The van der Waals surface area contributed by atoms with Crippen LogP contribution >= 0.6 is 0 Å². The summed E-state index contributed by atoms with van der Waals surface area (Å²) in [4.78, 5) is 1.66. The first-order valence-electron chi connectivity index (χ1n) is 11.0. The fourth-order valence-electron chi connectivity index (χ4n) is 8.37. The van der Waals surface area contributed by atoms with Crippen molar-refractivity contribution in [3.63, 3.8) is 0 Å². The predicted molar refractivity (Wildman–Crippen MR) is 96.9 cm³/mol. The first-order valence-corrected chi connectivity index (χ1v) is 11.0. The predicted octanol–water partition coefficient (Wildman–Crippen LogP) is 3.05. The Labute approximate surface area is 148 Å². The number of hydrogen-bond acceptors (Lipinski definition) is 1. The van der Waals surface area contributed by atoms with Crippen molar-refractivity contribution in [3.05, 3.63) is 0 Å². The van der Waals surface area contributed by atoms with Crippen molar-refractivity contribution in [2.45, 2.75) is 83.7 Å². The highest BCUT2D eigenvalue weighted by molar-refractivity contribution is 5.13. The third-order valence-corrected chi connectivity index (χ3v) is 10.1. The lowest BCUT2D eigenvalue weighted by atomic mass is 9.44. The Hall–Kier alpha value is -0.0800. The molecule has 1 saturated heterocycles. The summed E-state index contributed by atoms with van der Waals surface area (Å²) in [6, 6.07) is 0. The summed E-state index contributed by atoms with van der Waals surface area (Å²) >= 11 is 0. The third kappa shape index (κ3) is 2.08. The fourth-order valence-corrected chi connectivity index (χ4v) is 8.37. The van der Waals surface area contributed by atoms with Gasteiger partial charge in [-0.05, 0) is 80.5 Å². The van der Waals surface area contributed by atoms with E-state index in [1.165, 1.54) is 70.9 Å². The number of rotatable bonds is 2. The molecule has 5 fully saturated rings. The molecule has 0 aromatic heterocycles. The van der Waals surface area contributed by atoms with Gasteiger partial charge >= 0.3 is 0 Å². The van der Waals surface area contributed by atoms with Gasteiger partial charge in [0.05, 0.1) is 0 Å². The van der Waals surface area contributed by atoms with Crippen LogP contribution in [0.25, 0.3) is 0 Å². The van der Waals surface area contributed by atoms with Gasteiger partial charge in [-0.2, -0.15) is 0 Å². The van der Waals surface area contributed by atoms with Gasteiger partial charge in [-0.1, -0.05) is 26.7 Å². The fraction of sp³-hybridized carbons (Fsp3) is 1.00. The molecule has 2 nitrogen and oxygen atoms in total. The van der Waals surface area contributed by atoms with Crippen LogP contribution in [0, 0.1) is 34.5 Å². The van der Waals surface area contributed by atoms with E-state index in [9.17, 15) is 5.11 Å². The van der Waals surface area contributed by atoms with E-state index in [-0.39, 0.29) is 11.0 Å². The molecule has 0 radical (unpaired) electrons. The summed E-state index contributed by atoms with van der Waals surface area (Å²) < 4.78 is 0. The molecule has 1 aliphatic heterocycles. The first-order chi connectivity index (χ1) is 11.5. The van der Waals surface area contributed by atoms with Crippen LogP contribution < -0.4 is 4.90 Å². The zero-order chi connectivity index (χ0) is 16.6. The SMILES string of the molecule is C[C@@]12CCCC[C@H]1CC[C@@H]1[C@H]3CC[C@](O)(C[NH+]4CC4)[C@@]3(C)CC[C@@H]12. The largest absolute Gasteiger partial charge is 0.383 e. The molecule has 5 aliphatic rings. The Morgan fingerprint density at radius 1 is 0.875 bits per heavy atom. The van der Waals surface area contributed by atoms with E-state index in [2.05, 4.69) is 13.8 Å². The molecule has 7 atom stereocenters. The Balaban J connectivity index is 1.43. The standard InChI is InChI=1S/C22H37NO/c1-20-10-4-3-5-16(20)6-7-17-18(20)8-11-21(2)19(17)9-12-22(21,24)15-23-13-14-23/h16-19,24H,3-15H2,1-2H3/p+1/t16-,17-,18-,19+,20+,21-,22-/m0/s1. The number of aliphatic hydroxyl groups is 1. The monoisotopic (exact) mass is 332 g/mol. The lowest BCUT2D eigenvalue weighted by Gasteiger charge is -2.61. The minimum absolute atomic E-state index is 0.210. The second-order valence-electron chi connectivity index (χ2n) is 10.9. The van der Waals surface area contributed by atoms with E-state index in [0.29, 0.717) is 5.41 Å². The van der Waals surface area contributed by atoms with Crippen LogP contribution in [0.4, 0.5) is 0 Å². The number of nitrogens with one attached hydrogen (secondary N) is 1. The van der Waals surface area contributed by atoms with Crippen molar-refractivity contribution in [2.24, 2.45) is 34.5 Å². The molecule has 5 rings (SSSR count). The van der Waals surface area contributed by atoms with Crippen LogP contribution in [0.5, 0.6) is 0 Å². The van der Waals surface area contributed by atoms with Gasteiger partial charge in [0.25, 0.3) is 0 Å². The quantitative estimate of drug-likeness (QED) is 0.747. The van der Waals surface area contributed by atoms with E-state index < -0.39 is 0 Å². The van der Waals surface area contributed by atoms with E-state index in [4.69, 9.17) is 0 Å². The Bertz CT molecular complexity index is 516. The van der Waals surface area contributed by atoms with Crippen LogP contribution in [0.3, 0.4) is 0 Å². The third-order valence-electron chi connectivity index (χ3n) is 10.1. The summed E-state index contributed by atoms with van der Waals surface area (Å²) in [5.74, 6) is 3.70. The minimum Gasteiger partial charge on any atom is -0.383 e. The van der Waals surface area contributed by atoms with Crippen molar-refractivity contribution < 1.29 is 10.0 Å². The van der Waals surface area contributed by atoms with Crippen LogP contribution in [-0.4, -0.2) is 30.3 Å². The molecule has 24 heavy (non-hydrogen) atoms. The van der Waals surface area contributed by atoms with Gasteiger partial charge in [-0.3, -0.25) is 0 Å². The maximum Gasteiger partial charge on any atom is 0.127 e. The van der Waals surface area contributed by atoms with Gasteiger partial charge in [-0.15, -0.1) is 0 Å². The van der Waals surface area contributed by atoms with Gasteiger partial charge in [0.1, 0.15) is 25.2 Å². The van der Waals surface area contributed by atoms with Crippen molar-refractivity contribution in [1.82, 2.24) is 0 Å². The topological polar surface area (TPSA) is 24.7 Å². The number of hydrogen-bond donors (Lipinski definition) is 2. The van der Waals surface area contributed by atoms with Crippen molar-refractivity contribution in [1.29, 1.82) is 0 Å². The normalized spacial score (nSPS) is 57.1. The van der Waals surface area contributed by atoms with Crippen LogP contribution in [-0.2, 0) is 0 Å². The maximum atomic E-state index is 11.6. The molecular formula is C22H38NO+. The number of quaternary nitrogens is 1. The molecule has 2 heteroatoms. The van der Waals surface area contributed by atoms with Crippen molar-refractivity contribution in [3.8, 4) is 0 Å². The Morgan fingerprint density at radius 3 is 2.46 bits per heavy atom. The highest BCUT2D eigenvalue weighted by Crippen LogP contribution is 2.68. The molecule has 0 amide bonds. The Kier molecular flexibility index (Phi) is 3.51. The molecular weight excluding hydrogens is 294 g/mol. The molecule has 1 heterocycles. The summed E-state index contributed by atoms with van der Waals surface area (Å²) in [5.41, 5.74) is 0.481. The number of fused-ring (bicyclic) bond motifs is 5. The lowest BCUT2D eigenvalue weighted by molar-refractivity contribution is -0.770. The molecule has 0 aromatic carbocycles.